The molecule has 0 atom stereocenters. The standard InChI is InChI=1S/C13H10Cl2O2/c14-7-11(15)8-17-13-6-10-4-2-1-3-9(10)5-12(13)16/h1-7,16H,8H2. The first kappa shape index (κ1) is 12.1. The number of hydrogen-bond acceptors (Lipinski definition) is 2. The van der Waals surface area contributed by atoms with Gasteiger partial charge in [0.15, 0.2) is 11.5 Å². The second-order valence-electron chi connectivity index (χ2n) is 3.51. The maximum atomic E-state index is 9.77. The van der Waals surface area contributed by atoms with Gasteiger partial charge >= 0.3 is 0 Å². The molecule has 0 aliphatic rings. The van der Waals surface area contributed by atoms with E-state index in [0.717, 1.165) is 10.8 Å². The number of ether oxygens (including phenoxy) is 1. The first-order chi connectivity index (χ1) is 8.20. The lowest BCUT2D eigenvalue weighted by Crippen LogP contribution is -1.97. The maximum absolute atomic E-state index is 9.77. The van der Waals surface area contributed by atoms with Crippen LogP contribution in [0.15, 0.2) is 47.0 Å². The molecule has 17 heavy (non-hydrogen) atoms. The summed E-state index contributed by atoms with van der Waals surface area (Å²) in [6, 6.07) is 11.1. The van der Waals surface area contributed by atoms with Crippen molar-refractivity contribution >= 4 is 34.0 Å². The van der Waals surface area contributed by atoms with Crippen LogP contribution in [-0.2, 0) is 0 Å². The summed E-state index contributed by atoms with van der Waals surface area (Å²) >= 11 is 11.1. The van der Waals surface area contributed by atoms with Crippen LogP contribution in [-0.4, -0.2) is 11.7 Å². The summed E-state index contributed by atoms with van der Waals surface area (Å²) in [5.41, 5.74) is 1.24. The van der Waals surface area contributed by atoms with Gasteiger partial charge in [-0.25, -0.2) is 0 Å². The van der Waals surface area contributed by atoms with Crippen LogP contribution in [0.4, 0.5) is 0 Å². The van der Waals surface area contributed by atoms with Crippen LogP contribution in [0.25, 0.3) is 10.8 Å². The number of fused-ring (bicyclic) bond motifs is 1. The number of aromatic hydroxyl groups is 1. The molecule has 4 heteroatoms. The highest BCUT2D eigenvalue weighted by atomic mass is 35.5. The van der Waals surface area contributed by atoms with Crippen molar-refractivity contribution in [1.29, 1.82) is 0 Å². The number of phenols is 1. The quantitative estimate of drug-likeness (QED) is 0.902. The van der Waals surface area contributed by atoms with Gasteiger partial charge in [0.25, 0.3) is 0 Å². The van der Waals surface area contributed by atoms with E-state index in [1.165, 1.54) is 5.54 Å². The van der Waals surface area contributed by atoms with Gasteiger partial charge in [0.2, 0.25) is 0 Å². The van der Waals surface area contributed by atoms with Gasteiger partial charge in [-0.2, -0.15) is 0 Å². The smallest absolute Gasteiger partial charge is 0.162 e. The Balaban J connectivity index is 2.31. The molecule has 0 radical (unpaired) electrons. The molecule has 0 unspecified atom stereocenters. The topological polar surface area (TPSA) is 29.5 Å². The Morgan fingerprint density at radius 2 is 1.88 bits per heavy atom. The number of phenolic OH excluding ortho intramolecular Hbond substituents is 1. The van der Waals surface area contributed by atoms with Gasteiger partial charge in [0.05, 0.1) is 5.03 Å². The number of halogens is 2. The van der Waals surface area contributed by atoms with Gasteiger partial charge in [0, 0.05) is 5.54 Å². The molecular weight excluding hydrogens is 259 g/mol. The summed E-state index contributed by atoms with van der Waals surface area (Å²) in [6.45, 7) is 0.136. The summed E-state index contributed by atoms with van der Waals surface area (Å²) in [4.78, 5) is 0. The fraction of sp³-hybridized carbons (Fsp3) is 0.0769. The Hall–Kier alpha value is -1.38. The van der Waals surface area contributed by atoms with Gasteiger partial charge in [-0.05, 0) is 22.9 Å². The number of rotatable bonds is 3. The molecular formula is C13H10Cl2O2. The van der Waals surface area contributed by atoms with Crippen molar-refractivity contribution in [2.24, 2.45) is 0 Å². The summed E-state index contributed by atoms with van der Waals surface area (Å²) in [7, 11) is 0. The number of benzene rings is 2. The Labute approximate surface area is 109 Å². The molecule has 0 saturated heterocycles. The van der Waals surface area contributed by atoms with Crippen LogP contribution in [0, 0.1) is 0 Å². The Bertz CT molecular complexity index is 564. The minimum Gasteiger partial charge on any atom is -0.504 e. The lowest BCUT2D eigenvalue weighted by Gasteiger charge is -2.08. The molecule has 2 rings (SSSR count). The van der Waals surface area contributed by atoms with Crippen LogP contribution in [0.3, 0.4) is 0 Å². The van der Waals surface area contributed by atoms with Crippen molar-refractivity contribution in [3.8, 4) is 11.5 Å². The molecule has 0 amide bonds. The van der Waals surface area contributed by atoms with Crippen LogP contribution in [0.5, 0.6) is 11.5 Å². The molecule has 0 aliphatic carbocycles. The van der Waals surface area contributed by atoms with Gasteiger partial charge in [-0.1, -0.05) is 47.5 Å². The highest BCUT2D eigenvalue weighted by Crippen LogP contribution is 2.31. The lowest BCUT2D eigenvalue weighted by atomic mass is 10.1. The van der Waals surface area contributed by atoms with Crippen LogP contribution >= 0.6 is 23.2 Å². The molecule has 0 fully saturated rings. The van der Waals surface area contributed by atoms with E-state index in [4.69, 9.17) is 27.9 Å². The summed E-state index contributed by atoms with van der Waals surface area (Å²) in [5, 5.41) is 12.1. The molecule has 0 aliphatic heterocycles. The fourth-order valence-electron chi connectivity index (χ4n) is 1.50. The third-order valence-electron chi connectivity index (χ3n) is 2.31. The van der Waals surface area contributed by atoms with Gasteiger partial charge < -0.3 is 9.84 Å². The third-order valence-corrected chi connectivity index (χ3v) is 2.90. The Morgan fingerprint density at radius 1 is 1.24 bits per heavy atom. The molecule has 1 N–H and O–H groups in total. The second-order valence-corrected chi connectivity index (χ2v) is 4.22. The van der Waals surface area contributed by atoms with Crippen molar-refractivity contribution in [2.75, 3.05) is 6.61 Å². The average molecular weight is 269 g/mol. The molecule has 2 aromatic rings. The van der Waals surface area contributed by atoms with Gasteiger partial charge in [0.1, 0.15) is 6.61 Å². The Kier molecular flexibility index (Phi) is 3.77. The van der Waals surface area contributed by atoms with E-state index in [1.54, 1.807) is 12.1 Å². The van der Waals surface area contributed by atoms with Crippen molar-refractivity contribution in [3.05, 3.63) is 47.0 Å². The van der Waals surface area contributed by atoms with Crippen LogP contribution in [0.2, 0.25) is 0 Å². The molecule has 0 bridgehead atoms. The van der Waals surface area contributed by atoms with Crippen LogP contribution in [0.1, 0.15) is 0 Å². The second kappa shape index (κ2) is 5.30. The van der Waals surface area contributed by atoms with E-state index in [2.05, 4.69) is 0 Å². The zero-order valence-electron chi connectivity index (χ0n) is 8.86. The van der Waals surface area contributed by atoms with E-state index in [1.807, 2.05) is 24.3 Å². The van der Waals surface area contributed by atoms with E-state index in [0.29, 0.717) is 10.8 Å². The monoisotopic (exact) mass is 268 g/mol. The number of hydrogen-bond donors (Lipinski definition) is 1. The van der Waals surface area contributed by atoms with Gasteiger partial charge in [-0.15, -0.1) is 0 Å². The maximum Gasteiger partial charge on any atom is 0.162 e. The summed E-state index contributed by atoms with van der Waals surface area (Å²) in [5.74, 6) is 0.475. The first-order valence-electron chi connectivity index (χ1n) is 5.00. The average Bonchev–Trinajstić information content (AvgIpc) is 2.35. The minimum absolute atomic E-state index is 0.0859. The summed E-state index contributed by atoms with van der Waals surface area (Å²) in [6.07, 6.45) is 0. The fourth-order valence-corrected chi connectivity index (χ4v) is 1.62. The SMILES string of the molecule is Oc1cc2ccccc2cc1OCC(Cl)=CCl. The van der Waals surface area contributed by atoms with Gasteiger partial charge in [-0.3, -0.25) is 0 Å². The Morgan fingerprint density at radius 3 is 2.53 bits per heavy atom. The first-order valence-corrected chi connectivity index (χ1v) is 5.81. The van der Waals surface area contributed by atoms with E-state index in [9.17, 15) is 5.11 Å². The summed E-state index contributed by atoms with van der Waals surface area (Å²) < 4.78 is 5.36. The molecule has 0 heterocycles. The predicted molar refractivity (Wildman–Crippen MR) is 70.9 cm³/mol. The zero-order valence-corrected chi connectivity index (χ0v) is 10.4. The highest BCUT2D eigenvalue weighted by molar-refractivity contribution is 6.36. The van der Waals surface area contributed by atoms with Crippen molar-refractivity contribution < 1.29 is 9.84 Å². The van der Waals surface area contributed by atoms with Crippen molar-refractivity contribution in [2.45, 2.75) is 0 Å². The zero-order chi connectivity index (χ0) is 12.3. The molecule has 2 aromatic carbocycles. The lowest BCUT2D eigenvalue weighted by molar-refractivity contribution is 0.334. The minimum atomic E-state index is 0.0859. The molecule has 2 nitrogen and oxygen atoms in total. The molecule has 88 valence electrons. The van der Waals surface area contributed by atoms with Crippen LogP contribution < -0.4 is 4.74 Å². The third kappa shape index (κ3) is 2.84. The molecule has 0 aromatic heterocycles. The largest absolute Gasteiger partial charge is 0.504 e. The predicted octanol–water partition coefficient (Wildman–Crippen LogP) is 4.24. The normalized spacial score (nSPS) is 11.8. The van der Waals surface area contributed by atoms with E-state index in [-0.39, 0.29) is 12.4 Å². The highest BCUT2D eigenvalue weighted by Gasteiger charge is 2.05. The molecule has 0 saturated carbocycles. The van der Waals surface area contributed by atoms with Crippen molar-refractivity contribution in [1.82, 2.24) is 0 Å². The molecule has 0 spiro atoms. The van der Waals surface area contributed by atoms with E-state index < -0.39 is 0 Å². The van der Waals surface area contributed by atoms with Crippen molar-refractivity contribution in [3.63, 3.8) is 0 Å². The van der Waals surface area contributed by atoms with E-state index >= 15 is 0 Å².